The van der Waals surface area contributed by atoms with Crippen molar-refractivity contribution in [2.24, 2.45) is 5.92 Å². The minimum atomic E-state index is -0.0116. The summed E-state index contributed by atoms with van der Waals surface area (Å²) in [5, 5.41) is 3.87. The number of halogens is 1. The lowest BCUT2D eigenvalue weighted by Gasteiger charge is -2.32. The minimum absolute atomic E-state index is 0.0116. The molecule has 0 aromatic heterocycles. The molecular formula is C24H28ClN3O2. The molecular weight excluding hydrogens is 398 g/mol. The van der Waals surface area contributed by atoms with Gasteiger partial charge in [0, 0.05) is 55.3 Å². The molecule has 30 heavy (non-hydrogen) atoms. The molecule has 2 aliphatic rings. The molecule has 1 atom stereocenters. The van der Waals surface area contributed by atoms with Gasteiger partial charge in [0.2, 0.25) is 5.91 Å². The third kappa shape index (κ3) is 5.21. The molecule has 0 spiro atoms. The van der Waals surface area contributed by atoms with E-state index in [0.29, 0.717) is 36.5 Å². The number of carbonyl (C=O) groups is 2. The summed E-state index contributed by atoms with van der Waals surface area (Å²) in [6.07, 6.45) is 2.42. The molecule has 0 aliphatic carbocycles. The second-order valence-corrected chi connectivity index (χ2v) is 8.72. The number of amides is 2. The standard InChI is InChI=1S/C24H28ClN3O2/c25-21-8-6-20(7-9-21)24(30)28-14-10-19(11-15-28)23(29)26-22-12-13-27(17-22)16-18-4-2-1-3-5-18/h1-9,19,22H,10-17H2,(H,26,29). The molecule has 2 heterocycles. The van der Waals surface area contributed by atoms with Crippen LogP contribution in [0.15, 0.2) is 54.6 Å². The summed E-state index contributed by atoms with van der Waals surface area (Å²) < 4.78 is 0. The van der Waals surface area contributed by atoms with E-state index in [1.54, 1.807) is 24.3 Å². The molecule has 5 nitrogen and oxygen atoms in total. The Bertz CT molecular complexity index is 864. The summed E-state index contributed by atoms with van der Waals surface area (Å²) in [5.41, 5.74) is 1.95. The van der Waals surface area contributed by atoms with Gasteiger partial charge in [-0.25, -0.2) is 0 Å². The van der Waals surface area contributed by atoms with E-state index in [4.69, 9.17) is 11.6 Å². The van der Waals surface area contributed by atoms with Crippen molar-refractivity contribution in [1.82, 2.24) is 15.1 Å². The number of carbonyl (C=O) groups excluding carboxylic acids is 2. The summed E-state index contributed by atoms with van der Waals surface area (Å²) in [5.74, 6) is 0.139. The molecule has 1 N–H and O–H groups in total. The number of benzene rings is 2. The molecule has 2 amide bonds. The second kappa shape index (κ2) is 9.63. The van der Waals surface area contributed by atoms with Gasteiger partial charge >= 0.3 is 0 Å². The summed E-state index contributed by atoms with van der Waals surface area (Å²) in [6, 6.07) is 17.6. The lowest BCUT2D eigenvalue weighted by atomic mass is 9.95. The average molecular weight is 426 g/mol. The quantitative estimate of drug-likeness (QED) is 0.796. The van der Waals surface area contributed by atoms with Crippen LogP contribution in [0.25, 0.3) is 0 Å². The lowest BCUT2D eigenvalue weighted by molar-refractivity contribution is -0.126. The van der Waals surface area contributed by atoms with E-state index in [1.807, 2.05) is 11.0 Å². The van der Waals surface area contributed by atoms with Gasteiger partial charge < -0.3 is 10.2 Å². The molecule has 2 fully saturated rings. The number of nitrogens with zero attached hydrogens (tertiary/aromatic N) is 2. The predicted molar refractivity (Wildman–Crippen MR) is 118 cm³/mol. The van der Waals surface area contributed by atoms with Crippen molar-refractivity contribution in [2.45, 2.75) is 31.8 Å². The highest BCUT2D eigenvalue weighted by Crippen LogP contribution is 2.21. The first kappa shape index (κ1) is 20.9. The molecule has 0 bridgehead atoms. The highest BCUT2D eigenvalue weighted by atomic mass is 35.5. The number of hydrogen-bond donors (Lipinski definition) is 1. The third-order valence-corrected chi connectivity index (χ3v) is 6.36. The Hall–Kier alpha value is -2.37. The van der Waals surface area contributed by atoms with Crippen LogP contribution in [0.3, 0.4) is 0 Å². The van der Waals surface area contributed by atoms with Crippen LogP contribution >= 0.6 is 11.6 Å². The van der Waals surface area contributed by atoms with Crippen LogP contribution in [0.4, 0.5) is 0 Å². The zero-order valence-electron chi connectivity index (χ0n) is 17.1. The Balaban J connectivity index is 1.22. The molecule has 158 valence electrons. The molecule has 1 unspecified atom stereocenters. The van der Waals surface area contributed by atoms with Gasteiger partial charge in [0.25, 0.3) is 5.91 Å². The van der Waals surface area contributed by atoms with Crippen molar-refractivity contribution >= 4 is 23.4 Å². The van der Waals surface area contributed by atoms with Gasteiger partial charge in [-0.05, 0) is 49.1 Å². The first-order valence-electron chi connectivity index (χ1n) is 10.7. The largest absolute Gasteiger partial charge is 0.352 e. The van der Waals surface area contributed by atoms with Gasteiger partial charge in [0.05, 0.1) is 0 Å². The second-order valence-electron chi connectivity index (χ2n) is 8.29. The first-order chi connectivity index (χ1) is 14.6. The summed E-state index contributed by atoms with van der Waals surface area (Å²) in [7, 11) is 0. The third-order valence-electron chi connectivity index (χ3n) is 6.11. The van der Waals surface area contributed by atoms with Crippen molar-refractivity contribution in [2.75, 3.05) is 26.2 Å². The van der Waals surface area contributed by atoms with Gasteiger partial charge in [-0.3, -0.25) is 14.5 Å². The van der Waals surface area contributed by atoms with Crippen LogP contribution in [0.2, 0.25) is 5.02 Å². The molecule has 2 aromatic rings. The van der Waals surface area contributed by atoms with Crippen LogP contribution in [-0.4, -0.2) is 53.8 Å². The van der Waals surface area contributed by atoms with Crippen molar-refractivity contribution in [1.29, 1.82) is 0 Å². The van der Waals surface area contributed by atoms with E-state index >= 15 is 0 Å². The van der Waals surface area contributed by atoms with E-state index in [-0.39, 0.29) is 23.8 Å². The number of likely N-dealkylation sites (tertiary alicyclic amines) is 2. The van der Waals surface area contributed by atoms with E-state index in [0.717, 1.165) is 26.1 Å². The van der Waals surface area contributed by atoms with E-state index in [2.05, 4.69) is 34.5 Å². The Morgan fingerprint density at radius 1 is 0.933 bits per heavy atom. The number of hydrogen-bond acceptors (Lipinski definition) is 3. The Labute approximate surface area is 183 Å². The average Bonchev–Trinajstić information content (AvgIpc) is 3.21. The maximum absolute atomic E-state index is 12.8. The predicted octanol–water partition coefficient (Wildman–Crippen LogP) is 3.58. The molecule has 6 heteroatoms. The summed E-state index contributed by atoms with van der Waals surface area (Å²) in [4.78, 5) is 29.6. The molecule has 0 saturated carbocycles. The summed E-state index contributed by atoms with van der Waals surface area (Å²) >= 11 is 5.90. The van der Waals surface area contributed by atoms with Crippen LogP contribution in [0.1, 0.15) is 35.2 Å². The van der Waals surface area contributed by atoms with Crippen molar-refractivity contribution in [3.63, 3.8) is 0 Å². The lowest BCUT2D eigenvalue weighted by Crippen LogP contribution is -2.46. The highest BCUT2D eigenvalue weighted by molar-refractivity contribution is 6.30. The van der Waals surface area contributed by atoms with E-state index in [9.17, 15) is 9.59 Å². The highest BCUT2D eigenvalue weighted by Gasteiger charge is 2.30. The molecule has 2 saturated heterocycles. The smallest absolute Gasteiger partial charge is 0.253 e. The SMILES string of the molecule is O=C(NC1CCN(Cc2ccccc2)C1)C1CCN(C(=O)c2ccc(Cl)cc2)CC1. The Morgan fingerprint density at radius 3 is 2.33 bits per heavy atom. The summed E-state index contributed by atoms with van der Waals surface area (Å²) in [6.45, 7) is 4.06. The molecule has 0 radical (unpaired) electrons. The zero-order chi connectivity index (χ0) is 20.9. The fraction of sp³-hybridized carbons (Fsp3) is 0.417. The number of rotatable bonds is 5. The van der Waals surface area contributed by atoms with Crippen LogP contribution in [-0.2, 0) is 11.3 Å². The number of piperidine rings is 1. The normalized spacial score (nSPS) is 20.3. The van der Waals surface area contributed by atoms with Gasteiger partial charge in [0.15, 0.2) is 0 Å². The molecule has 4 rings (SSSR count). The zero-order valence-corrected chi connectivity index (χ0v) is 17.9. The number of nitrogens with one attached hydrogen (secondary N) is 1. The van der Waals surface area contributed by atoms with Crippen molar-refractivity contribution in [3.8, 4) is 0 Å². The van der Waals surface area contributed by atoms with Gasteiger partial charge in [0.1, 0.15) is 0 Å². The van der Waals surface area contributed by atoms with Gasteiger partial charge in [-0.2, -0.15) is 0 Å². The van der Waals surface area contributed by atoms with Crippen molar-refractivity contribution < 1.29 is 9.59 Å². The first-order valence-corrected chi connectivity index (χ1v) is 11.1. The van der Waals surface area contributed by atoms with E-state index in [1.165, 1.54) is 5.56 Å². The van der Waals surface area contributed by atoms with Crippen molar-refractivity contribution in [3.05, 3.63) is 70.7 Å². The van der Waals surface area contributed by atoms with Gasteiger partial charge in [-0.15, -0.1) is 0 Å². The Kier molecular flexibility index (Phi) is 6.70. The van der Waals surface area contributed by atoms with E-state index < -0.39 is 0 Å². The molecule has 2 aliphatic heterocycles. The van der Waals surface area contributed by atoms with Crippen LogP contribution in [0.5, 0.6) is 0 Å². The molecule has 2 aromatic carbocycles. The fourth-order valence-electron chi connectivity index (χ4n) is 4.37. The fourth-order valence-corrected chi connectivity index (χ4v) is 4.50. The monoisotopic (exact) mass is 425 g/mol. The van der Waals surface area contributed by atoms with Crippen LogP contribution < -0.4 is 5.32 Å². The maximum Gasteiger partial charge on any atom is 0.253 e. The van der Waals surface area contributed by atoms with Crippen LogP contribution in [0, 0.1) is 5.92 Å². The van der Waals surface area contributed by atoms with Gasteiger partial charge in [-0.1, -0.05) is 41.9 Å². The maximum atomic E-state index is 12.8. The topological polar surface area (TPSA) is 52.7 Å². The minimum Gasteiger partial charge on any atom is -0.352 e. The Morgan fingerprint density at radius 2 is 1.63 bits per heavy atom.